The van der Waals surface area contributed by atoms with Gasteiger partial charge in [0, 0.05) is 17.2 Å². The summed E-state index contributed by atoms with van der Waals surface area (Å²) in [6.45, 7) is 0. The van der Waals surface area contributed by atoms with E-state index in [0.29, 0.717) is 12.8 Å². The highest BCUT2D eigenvalue weighted by Gasteiger charge is 2.55. The predicted molar refractivity (Wildman–Crippen MR) is 45.1 cm³/mol. The number of carboxylic acid groups (broad SMARTS) is 1. The summed E-state index contributed by atoms with van der Waals surface area (Å²) < 4.78 is 0. The smallest absolute Gasteiger partial charge is 0.307 e. The van der Waals surface area contributed by atoms with E-state index in [1.165, 1.54) is 0 Å². The molecule has 0 radical (unpaired) electrons. The molecular formula is C8H9BrO3. The van der Waals surface area contributed by atoms with Crippen LogP contribution in [0.5, 0.6) is 0 Å². The first-order valence-corrected chi connectivity index (χ1v) is 4.92. The second kappa shape index (κ2) is 2.55. The number of fused-ring (bicyclic) bond motifs is 2. The molecule has 2 aliphatic rings. The summed E-state index contributed by atoms with van der Waals surface area (Å²) in [7, 11) is 0. The number of hydrogen-bond acceptors (Lipinski definition) is 2. The molecule has 66 valence electrons. The standard InChI is InChI=1S/C8H9BrO3/c9-5-1-4-6(10)2-3(5)7(4)8(11)12/h3-5,7H,1-2H2,(H,11,12)/t3-,4-,5+,7-/m1/s1. The molecule has 0 amide bonds. The van der Waals surface area contributed by atoms with E-state index in [0.717, 1.165) is 0 Å². The summed E-state index contributed by atoms with van der Waals surface area (Å²) in [5, 5.41) is 8.86. The molecule has 12 heavy (non-hydrogen) atoms. The molecule has 4 heteroatoms. The van der Waals surface area contributed by atoms with Crippen molar-refractivity contribution in [1.82, 2.24) is 0 Å². The zero-order chi connectivity index (χ0) is 8.88. The van der Waals surface area contributed by atoms with E-state index in [2.05, 4.69) is 15.9 Å². The van der Waals surface area contributed by atoms with Crippen molar-refractivity contribution in [3.63, 3.8) is 0 Å². The minimum atomic E-state index is -0.808. The van der Waals surface area contributed by atoms with Crippen LogP contribution < -0.4 is 0 Å². The Morgan fingerprint density at radius 2 is 2.25 bits per heavy atom. The third kappa shape index (κ3) is 0.937. The zero-order valence-electron chi connectivity index (χ0n) is 6.37. The quantitative estimate of drug-likeness (QED) is 0.689. The zero-order valence-corrected chi connectivity index (χ0v) is 7.95. The van der Waals surface area contributed by atoms with Crippen molar-refractivity contribution < 1.29 is 14.7 Å². The van der Waals surface area contributed by atoms with Crippen molar-refractivity contribution in [2.24, 2.45) is 17.8 Å². The lowest BCUT2D eigenvalue weighted by Crippen LogP contribution is -2.20. The molecule has 2 bridgehead atoms. The molecule has 2 aliphatic carbocycles. The maximum atomic E-state index is 11.2. The maximum Gasteiger partial charge on any atom is 0.307 e. The lowest BCUT2D eigenvalue weighted by Gasteiger charge is -2.13. The van der Waals surface area contributed by atoms with Gasteiger partial charge in [0.05, 0.1) is 5.92 Å². The number of carbonyl (C=O) groups is 2. The fourth-order valence-corrected chi connectivity index (χ4v) is 3.33. The summed E-state index contributed by atoms with van der Waals surface area (Å²) in [6, 6.07) is 0. The number of alkyl halides is 1. The Labute approximate surface area is 78.3 Å². The third-order valence-corrected chi connectivity index (χ3v) is 4.03. The minimum Gasteiger partial charge on any atom is -0.481 e. The molecule has 0 saturated heterocycles. The van der Waals surface area contributed by atoms with Crippen LogP contribution in [-0.4, -0.2) is 21.7 Å². The van der Waals surface area contributed by atoms with Gasteiger partial charge >= 0.3 is 5.97 Å². The first-order chi connectivity index (χ1) is 5.61. The number of carboxylic acids is 1. The molecule has 0 aliphatic heterocycles. The first kappa shape index (κ1) is 8.23. The van der Waals surface area contributed by atoms with Gasteiger partial charge in [-0.1, -0.05) is 15.9 Å². The molecule has 0 unspecified atom stereocenters. The number of carbonyl (C=O) groups excluding carboxylic acids is 1. The Morgan fingerprint density at radius 3 is 2.58 bits per heavy atom. The third-order valence-electron chi connectivity index (χ3n) is 2.97. The first-order valence-electron chi connectivity index (χ1n) is 4.01. The van der Waals surface area contributed by atoms with Gasteiger partial charge in [0.15, 0.2) is 0 Å². The van der Waals surface area contributed by atoms with E-state index in [-0.39, 0.29) is 22.4 Å². The van der Waals surface area contributed by atoms with E-state index in [1.807, 2.05) is 0 Å². The molecule has 2 rings (SSSR count). The van der Waals surface area contributed by atoms with Gasteiger partial charge in [-0.15, -0.1) is 0 Å². The van der Waals surface area contributed by atoms with Gasteiger partial charge in [-0.3, -0.25) is 9.59 Å². The highest BCUT2D eigenvalue weighted by atomic mass is 79.9. The van der Waals surface area contributed by atoms with Crippen molar-refractivity contribution in [1.29, 1.82) is 0 Å². The molecule has 4 atom stereocenters. The van der Waals surface area contributed by atoms with Gasteiger partial charge < -0.3 is 5.11 Å². The minimum absolute atomic E-state index is 0.0417. The summed E-state index contributed by atoms with van der Waals surface area (Å²) in [5.74, 6) is -1.25. The normalized spacial score (nSPS) is 45.2. The largest absolute Gasteiger partial charge is 0.481 e. The average molecular weight is 233 g/mol. The molecule has 3 nitrogen and oxygen atoms in total. The van der Waals surface area contributed by atoms with E-state index in [1.54, 1.807) is 0 Å². The summed E-state index contributed by atoms with van der Waals surface area (Å²) in [5.41, 5.74) is 0. The Bertz CT molecular complexity index is 251. The van der Waals surface area contributed by atoms with Crippen LogP contribution in [-0.2, 0) is 9.59 Å². The van der Waals surface area contributed by atoms with Crippen LogP contribution in [0.15, 0.2) is 0 Å². The number of rotatable bonds is 1. The lowest BCUT2D eigenvalue weighted by molar-refractivity contribution is -0.144. The predicted octanol–water partition coefficient (Wildman–Crippen LogP) is 1.06. The van der Waals surface area contributed by atoms with Crippen LogP contribution in [0.2, 0.25) is 0 Å². The highest BCUT2D eigenvalue weighted by molar-refractivity contribution is 9.09. The second-order valence-corrected chi connectivity index (χ2v) is 4.73. The van der Waals surface area contributed by atoms with Crippen LogP contribution >= 0.6 is 15.9 Å². The Kier molecular flexibility index (Phi) is 1.75. The highest BCUT2D eigenvalue weighted by Crippen LogP contribution is 2.50. The molecule has 0 aromatic rings. The Balaban J connectivity index is 2.28. The topological polar surface area (TPSA) is 54.4 Å². The van der Waals surface area contributed by atoms with Gasteiger partial charge in [0.25, 0.3) is 0 Å². The van der Waals surface area contributed by atoms with Crippen LogP contribution in [0, 0.1) is 17.8 Å². The van der Waals surface area contributed by atoms with Gasteiger partial charge in [-0.05, 0) is 12.3 Å². The number of halogens is 1. The summed E-state index contributed by atoms with van der Waals surface area (Å²) in [4.78, 5) is 22.2. The molecule has 1 N–H and O–H groups in total. The fraction of sp³-hybridized carbons (Fsp3) is 0.750. The van der Waals surface area contributed by atoms with Crippen molar-refractivity contribution in [2.75, 3.05) is 0 Å². The average Bonchev–Trinajstić information content (AvgIpc) is 2.41. The van der Waals surface area contributed by atoms with Gasteiger partial charge in [0.2, 0.25) is 0 Å². The SMILES string of the molecule is O=C(O)[C@@H]1[C@@H]2CC(=O)[C@H]1C[C@@H]2Br. The second-order valence-electron chi connectivity index (χ2n) is 3.56. The van der Waals surface area contributed by atoms with Gasteiger partial charge in [0.1, 0.15) is 5.78 Å². The van der Waals surface area contributed by atoms with Gasteiger partial charge in [-0.2, -0.15) is 0 Å². The number of ketones is 1. The van der Waals surface area contributed by atoms with Crippen LogP contribution in [0.25, 0.3) is 0 Å². The van der Waals surface area contributed by atoms with Crippen LogP contribution in [0.1, 0.15) is 12.8 Å². The van der Waals surface area contributed by atoms with Crippen molar-refractivity contribution >= 4 is 27.7 Å². The summed E-state index contributed by atoms with van der Waals surface area (Å²) in [6.07, 6.45) is 1.16. The Morgan fingerprint density at radius 1 is 1.58 bits per heavy atom. The van der Waals surface area contributed by atoms with E-state index < -0.39 is 11.9 Å². The molecule has 2 saturated carbocycles. The van der Waals surface area contributed by atoms with E-state index in [9.17, 15) is 9.59 Å². The van der Waals surface area contributed by atoms with Crippen LogP contribution in [0.4, 0.5) is 0 Å². The van der Waals surface area contributed by atoms with Crippen molar-refractivity contribution in [3.8, 4) is 0 Å². The summed E-state index contributed by atoms with van der Waals surface area (Å²) >= 11 is 3.42. The molecule has 2 fully saturated rings. The van der Waals surface area contributed by atoms with E-state index >= 15 is 0 Å². The molecular weight excluding hydrogens is 224 g/mol. The number of hydrogen-bond donors (Lipinski definition) is 1. The molecule has 0 aromatic carbocycles. The lowest BCUT2D eigenvalue weighted by atomic mass is 9.98. The number of aliphatic carboxylic acids is 1. The van der Waals surface area contributed by atoms with E-state index in [4.69, 9.17) is 5.11 Å². The maximum absolute atomic E-state index is 11.2. The number of Topliss-reactive ketones (excluding diaryl/α,β-unsaturated/α-hetero) is 1. The Hall–Kier alpha value is -0.380. The van der Waals surface area contributed by atoms with Crippen molar-refractivity contribution in [3.05, 3.63) is 0 Å². The van der Waals surface area contributed by atoms with Crippen molar-refractivity contribution in [2.45, 2.75) is 17.7 Å². The molecule has 0 heterocycles. The monoisotopic (exact) mass is 232 g/mol. The molecule has 0 spiro atoms. The fourth-order valence-electron chi connectivity index (χ4n) is 2.41. The molecule has 0 aromatic heterocycles. The van der Waals surface area contributed by atoms with Gasteiger partial charge in [-0.25, -0.2) is 0 Å². The van der Waals surface area contributed by atoms with Crippen LogP contribution in [0.3, 0.4) is 0 Å².